The van der Waals surface area contributed by atoms with Gasteiger partial charge >= 0.3 is 0 Å². The number of hydrogen-bond donors (Lipinski definition) is 2. The maximum absolute atomic E-state index is 8.99. The van der Waals surface area contributed by atoms with Gasteiger partial charge in [0.05, 0.1) is 0 Å². The van der Waals surface area contributed by atoms with E-state index in [0.29, 0.717) is 17.7 Å². The normalized spacial score (nSPS) is 26.1. The summed E-state index contributed by atoms with van der Waals surface area (Å²) in [7, 11) is 0. The quantitative estimate of drug-likeness (QED) is 0.699. The molecule has 2 nitrogen and oxygen atoms in total. The van der Waals surface area contributed by atoms with Crippen molar-refractivity contribution in [1.29, 1.82) is 0 Å². The van der Waals surface area contributed by atoms with Gasteiger partial charge in [-0.25, -0.2) is 0 Å². The molecule has 0 heterocycles. The van der Waals surface area contributed by atoms with Crippen molar-refractivity contribution >= 4 is 12.4 Å². The summed E-state index contributed by atoms with van der Waals surface area (Å²) in [6, 6.07) is 7.64. The second kappa shape index (κ2) is 3.33. The number of hydrogen-bond acceptors (Lipinski definition) is 2. The maximum Gasteiger partial charge on any atom is 0.115 e. The van der Waals surface area contributed by atoms with Gasteiger partial charge in [0.25, 0.3) is 0 Å². The topological polar surface area (TPSA) is 46.2 Å². The molecule has 3 heteroatoms. The Morgan fingerprint density at radius 1 is 1.25 bits per heavy atom. The molecule has 0 radical (unpaired) electrons. The Kier molecular flexibility index (Phi) is 2.60. The first kappa shape index (κ1) is 9.36. The SMILES string of the molecule is Cl.N[C@@H]1C[C@H]1c1ccc(O)cc1. The largest absolute Gasteiger partial charge is 0.508 e. The summed E-state index contributed by atoms with van der Waals surface area (Å²) in [6.45, 7) is 0. The minimum absolute atomic E-state index is 0. The van der Waals surface area contributed by atoms with Crippen LogP contribution in [-0.4, -0.2) is 11.1 Å². The van der Waals surface area contributed by atoms with Crippen molar-refractivity contribution in [3.8, 4) is 5.75 Å². The lowest BCUT2D eigenvalue weighted by Crippen LogP contribution is -2.00. The van der Waals surface area contributed by atoms with E-state index in [9.17, 15) is 0 Å². The molecule has 0 unspecified atom stereocenters. The molecule has 0 aliphatic heterocycles. The Labute approximate surface area is 77.8 Å². The van der Waals surface area contributed by atoms with Crippen molar-refractivity contribution in [2.45, 2.75) is 18.4 Å². The summed E-state index contributed by atoms with van der Waals surface area (Å²) >= 11 is 0. The van der Waals surface area contributed by atoms with Crippen LogP contribution in [0.4, 0.5) is 0 Å². The van der Waals surface area contributed by atoms with Crippen LogP contribution in [0.3, 0.4) is 0 Å². The fraction of sp³-hybridized carbons (Fsp3) is 0.333. The molecule has 2 rings (SSSR count). The van der Waals surface area contributed by atoms with Crippen LogP contribution in [0.15, 0.2) is 24.3 Å². The molecule has 2 atom stereocenters. The average Bonchev–Trinajstić information content (AvgIpc) is 2.69. The predicted octanol–water partition coefficient (Wildman–Crippen LogP) is 1.63. The van der Waals surface area contributed by atoms with E-state index in [4.69, 9.17) is 10.8 Å². The smallest absolute Gasteiger partial charge is 0.115 e. The summed E-state index contributed by atoms with van der Waals surface area (Å²) in [5, 5.41) is 8.99. The van der Waals surface area contributed by atoms with E-state index in [-0.39, 0.29) is 12.4 Å². The number of rotatable bonds is 1. The highest BCUT2D eigenvalue weighted by atomic mass is 35.5. The Balaban J connectivity index is 0.000000720. The molecule has 1 fully saturated rings. The van der Waals surface area contributed by atoms with Crippen LogP contribution in [0.2, 0.25) is 0 Å². The fourth-order valence-electron chi connectivity index (χ4n) is 1.32. The Bertz CT molecular complexity index is 260. The number of nitrogens with two attached hydrogens (primary N) is 1. The second-order valence-electron chi connectivity index (χ2n) is 3.10. The summed E-state index contributed by atoms with van der Waals surface area (Å²) in [5.41, 5.74) is 6.92. The Hall–Kier alpha value is -0.730. The summed E-state index contributed by atoms with van der Waals surface area (Å²) in [5.74, 6) is 0.860. The van der Waals surface area contributed by atoms with Crippen molar-refractivity contribution in [2.24, 2.45) is 5.73 Å². The molecule has 1 aromatic rings. The predicted molar refractivity (Wildman–Crippen MR) is 50.7 cm³/mol. The van der Waals surface area contributed by atoms with Gasteiger partial charge in [0.1, 0.15) is 5.75 Å². The molecule has 1 aliphatic carbocycles. The summed E-state index contributed by atoms with van der Waals surface area (Å²) in [6.07, 6.45) is 1.09. The number of halogens is 1. The van der Waals surface area contributed by atoms with Crippen molar-refractivity contribution in [1.82, 2.24) is 0 Å². The van der Waals surface area contributed by atoms with Crippen LogP contribution in [0, 0.1) is 0 Å². The van der Waals surface area contributed by atoms with Gasteiger partial charge in [0.15, 0.2) is 0 Å². The first-order chi connectivity index (χ1) is 5.27. The zero-order chi connectivity index (χ0) is 7.84. The lowest BCUT2D eigenvalue weighted by molar-refractivity contribution is 0.475. The lowest BCUT2D eigenvalue weighted by Gasteiger charge is -1.97. The average molecular weight is 186 g/mol. The summed E-state index contributed by atoms with van der Waals surface area (Å²) < 4.78 is 0. The van der Waals surface area contributed by atoms with Crippen LogP contribution >= 0.6 is 12.4 Å². The molecule has 0 bridgehead atoms. The molecule has 0 aromatic heterocycles. The van der Waals surface area contributed by atoms with Crippen molar-refractivity contribution in [3.63, 3.8) is 0 Å². The number of benzene rings is 1. The molecule has 0 saturated heterocycles. The zero-order valence-corrected chi connectivity index (χ0v) is 7.42. The van der Waals surface area contributed by atoms with Crippen molar-refractivity contribution in [2.75, 3.05) is 0 Å². The number of phenolic OH excluding ortho intramolecular Hbond substituents is 1. The van der Waals surface area contributed by atoms with Gasteiger partial charge in [-0.2, -0.15) is 0 Å². The maximum atomic E-state index is 8.99. The van der Waals surface area contributed by atoms with Gasteiger partial charge in [0.2, 0.25) is 0 Å². The fourth-order valence-corrected chi connectivity index (χ4v) is 1.32. The van der Waals surface area contributed by atoms with E-state index < -0.39 is 0 Å². The first-order valence-electron chi connectivity index (χ1n) is 3.82. The summed E-state index contributed by atoms with van der Waals surface area (Å²) in [4.78, 5) is 0. The molecule has 66 valence electrons. The monoisotopic (exact) mass is 185 g/mol. The third-order valence-electron chi connectivity index (χ3n) is 2.16. The highest BCUT2D eigenvalue weighted by molar-refractivity contribution is 5.85. The van der Waals surface area contributed by atoms with E-state index in [0.717, 1.165) is 6.42 Å². The molecular formula is C9H12ClNO. The van der Waals surface area contributed by atoms with Crippen LogP contribution in [0.1, 0.15) is 17.9 Å². The molecule has 12 heavy (non-hydrogen) atoms. The number of aromatic hydroxyl groups is 1. The third-order valence-corrected chi connectivity index (χ3v) is 2.16. The molecule has 3 N–H and O–H groups in total. The molecule has 0 spiro atoms. The molecule has 0 amide bonds. The first-order valence-corrected chi connectivity index (χ1v) is 3.82. The second-order valence-corrected chi connectivity index (χ2v) is 3.10. The van der Waals surface area contributed by atoms with Gasteiger partial charge in [0, 0.05) is 12.0 Å². The minimum atomic E-state index is 0. The van der Waals surface area contributed by atoms with Crippen LogP contribution in [0.25, 0.3) is 0 Å². The van der Waals surface area contributed by atoms with Crippen LogP contribution in [0.5, 0.6) is 5.75 Å². The molecule has 1 saturated carbocycles. The van der Waals surface area contributed by atoms with E-state index in [1.165, 1.54) is 5.56 Å². The van der Waals surface area contributed by atoms with E-state index in [2.05, 4.69) is 0 Å². The van der Waals surface area contributed by atoms with Gasteiger partial charge < -0.3 is 10.8 Å². The zero-order valence-electron chi connectivity index (χ0n) is 6.60. The Morgan fingerprint density at radius 3 is 2.17 bits per heavy atom. The van der Waals surface area contributed by atoms with Crippen LogP contribution in [-0.2, 0) is 0 Å². The molecular weight excluding hydrogens is 174 g/mol. The van der Waals surface area contributed by atoms with Crippen molar-refractivity contribution in [3.05, 3.63) is 29.8 Å². The third kappa shape index (κ3) is 1.71. The van der Waals surface area contributed by atoms with Gasteiger partial charge in [-0.3, -0.25) is 0 Å². The molecule has 1 aromatic carbocycles. The van der Waals surface area contributed by atoms with Gasteiger partial charge in [-0.05, 0) is 24.1 Å². The standard InChI is InChI=1S/C9H11NO.ClH/c10-9-5-8(9)6-1-3-7(11)4-2-6;/h1-4,8-9,11H,5,10H2;1H/t8-,9+;/m0./s1. The van der Waals surface area contributed by atoms with Crippen LogP contribution < -0.4 is 5.73 Å². The van der Waals surface area contributed by atoms with E-state index >= 15 is 0 Å². The molecule has 1 aliphatic rings. The highest BCUT2D eigenvalue weighted by Gasteiger charge is 2.34. The van der Waals surface area contributed by atoms with Gasteiger partial charge in [-0.15, -0.1) is 12.4 Å². The van der Waals surface area contributed by atoms with E-state index in [1.54, 1.807) is 12.1 Å². The minimum Gasteiger partial charge on any atom is -0.508 e. The Morgan fingerprint density at radius 2 is 1.75 bits per heavy atom. The number of phenols is 1. The van der Waals surface area contributed by atoms with Gasteiger partial charge in [-0.1, -0.05) is 12.1 Å². The highest BCUT2D eigenvalue weighted by Crippen LogP contribution is 2.39. The lowest BCUT2D eigenvalue weighted by atomic mass is 10.1. The van der Waals surface area contributed by atoms with Crippen molar-refractivity contribution < 1.29 is 5.11 Å². The van der Waals surface area contributed by atoms with E-state index in [1.807, 2.05) is 12.1 Å².